The summed E-state index contributed by atoms with van der Waals surface area (Å²) in [6.07, 6.45) is 3.25. The molecule has 1 aromatic carbocycles. The van der Waals surface area contributed by atoms with Gasteiger partial charge in [0.05, 0.1) is 0 Å². The van der Waals surface area contributed by atoms with E-state index in [9.17, 15) is 14.0 Å². The van der Waals surface area contributed by atoms with Gasteiger partial charge in [-0.2, -0.15) is 0 Å². The Hall–Kier alpha value is -2.43. The molecule has 132 valence electrons. The molecule has 0 spiro atoms. The van der Waals surface area contributed by atoms with E-state index in [1.807, 2.05) is 16.4 Å². The molecular formula is C20H23FN2O2. The maximum atomic E-state index is 13.2. The van der Waals surface area contributed by atoms with Gasteiger partial charge in [-0.3, -0.25) is 9.59 Å². The van der Waals surface area contributed by atoms with Gasteiger partial charge in [0.15, 0.2) is 5.78 Å². The van der Waals surface area contributed by atoms with Crippen molar-refractivity contribution in [2.45, 2.75) is 39.7 Å². The number of Topliss-reactive ketones (excluding diaryl/α,β-unsaturated/α-hetero) is 1. The normalized spacial score (nSPS) is 14.6. The number of likely N-dealkylation sites (tertiary alicyclic amines) is 1. The number of amides is 1. The molecule has 4 nitrogen and oxygen atoms in total. The highest BCUT2D eigenvalue weighted by Gasteiger charge is 2.21. The van der Waals surface area contributed by atoms with Crippen LogP contribution in [0, 0.1) is 12.7 Å². The number of ketones is 1. The van der Waals surface area contributed by atoms with Crippen LogP contribution in [0.4, 0.5) is 4.39 Å². The fourth-order valence-electron chi connectivity index (χ4n) is 3.44. The lowest BCUT2D eigenvalue weighted by atomic mass is 10.1. The molecule has 1 amide bonds. The van der Waals surface area contributed by atoms with Crippen molar-refractivity contribution >= 4 is 11.7 Å². The average molecular weight is 342 g/mol. The van der Waals surface area contributed by atoms with Gasteiger partial charge in [-0.1, -0.05) is 0 Å². The highest BCUT2D eigenvalue weighted by molar-refractivity contribution is 5.97. The molecule has 1 fully saturated rings. The quantitative estimate of drug-likeness (QED) is 0.793. The van der Waals surface area contributed by atoms with E-state index < -0.39 is 0 Å². The average Bonchev–Trinajstić information content (AvgIpc) is 2.93. The first-order valence-electron chi connectivity index (χ1n) is 8.72. The van der Waals surface area contributed by atoms with Gasteiger partial charge in [0.1, 0.15) is 12.4 Å². The van der Waals surface area contributed by atoms with E-state index in [0.717, 1.165) is 42.9 Å². The van der Waals surface area contributed by atoms with Crippen LogP contribution in [0.3, 0.4) is 0 Å². The fraction of sp³-hybridized carbons (Fsp3) is 0.400. The Kier molecular flexibility index (Phi) is 5.02. The standard InChI is InChI=1S/C20H23FN2O2/c1-14-18(15(2)24)12-19(16-6-8-17(21)9-7-16)23(14)13-20(25)22-10-4-3-5-11-22/h6-9,12H,3-5,10-11,13H2,1-2H3. The summed E-state index contributed by atoms with van der Waals surface area (Å²) in [6.45, 7) is 5.17. The van der Waals surface area contributed by atoms with Crippen LogP contribution in [-0.2, 0) is 11.3 Å². The molecule has 0 aliphatic carbocycles. The molecule has 0 bridgehead atoms. The number of carbonyl (C=O) groups is 2. The maximum Gasteiger partial charge on any atom is 0.242 e. The zero-order chi connectivity index (χ0) is 18.0. The summed E-state index contributed by atoms with van der Waals surface area (Å²) in [5.74, 6) is -0.281. The van der Waals surface area contributed by atoms with Crippen molar-refractivity contribution in [2.24, 2.45) is 0 Å². The van der Waals surface area contributed by atoms with Crippen LogP contribution in [0.25, 0.3) is 11.3 Å². The summed E-state index contributed by atoms with van der Waals surface area (Å²) in [7, 11) is 0. The van der Waals surface area contributed by atoms with Gasteiger partial charge in [0, 0.05) is 30.0 Å². The second-order valence-electron chi connectivity index (χ2n) is 6.62. The molecule has 0 radical (unpaired) electrons. The zero-order valence-corrected chi connectivity index (χ0v) is 14.7. The molecule has 0 saturated carbocycles. The lowest BCUT2D eigenvalue weighted by Crippen LogP contribution is -2.38. The number of aromatic nitrogens is 1. The van der Waals surface area contributed by atoms with Gasteiger partial charge < -0.3 is 9.47 Å². The predicted octanol–water partition coefficient (Wildman–Crippen LogP) is 3.82. The number of halogens is 1. The highest BCUT2D eigenvalue weighted by atomic mass is 19.1. The molecular weight excluding hydrogens is 319 g/mol. The molecule has 0 N–H and O–H groups in total. The lowest BCUT2D eigenvalue weighted by Gasteiger charge is -2.27. The van der Waals surface area contributed by atoms with E-state index in [0.29, 0.717) is 5.56 Å². The van der Waals surface area contributed by atoms with Gasteiger partial charge in [-0.05, 0) is 69.0 Å². The van der Waals surface area contributed by atoms with E-state index in [-0.39, 0.29) is 24.1 Å². The lowest BCUT2D eigenvalue weighted by molar-refractivity contribution is -0.132. The second kappa shape index (κ2) is 7.21. The summed E-state index contributed by atoms with van der Waals surface area (Å²) >= 11 is 0. The van der Waals surface area contributed by atoms with Crippen molar-refractivity contribution < 1.29 is 14.0 Å². The molecule has 1 aliphatic rings. The number of hydrogen-bond donors (Lipinski definition) is 0. The third-order valence-electron chi connectivity index (χ3n) is 4.89. The number of hydrogen-bond acceptors (Lipinski definition) is 2. The van der Waals surface area contributed by atoms with Crippen molar-refractivity contribution in [3.05, 3.63) is 47.4 Å². The van der Waals surface area contributed by atoms with Crippen molar-refractivity contribution in [2.75, 3.05) is 13.1 Å². The minimum Gasteiger partial charge on any atom is -0.341 e. The third kappa shape index (κ3) is 3.65. The Morgan fingerprint density at radius 1 is 1.08 bits per heavy atom. The molecule has 1 aliphatic heterocycles. The first-order valence-corrected chi connectivity index (χ1v) is 8.72. The number of benzene rings is 1. The zero-order valence-electron chi connectivity index (χ0n) is 14.7. The van der Waals surface area contributed by atoms with Crippen LogP contribution >= 0.6 is 0 Å². The van der Waals surface area contributed by atoms with Crippen LogP contribution in [0.1, 0.15) is 42.2 Å². The number of carbonyl (C=O) groups excluding carboxylic acids is 2. The fourth-order valence-corrected chi connectivity index (χ4v) is 3.44. The van der Waals surface area contributed by atoms with E-state index in [4.69, 9.17) is 0 Å². The third-order valence-corrected chi connectivity index (χ3v) is 4.89. The summed E-state index contributed by atoms with van der Waals surface area (Å²) in [6, 6.07) is 7.93. The number of rotatable bonds is 4. The Balaban J connectivity index is 1.97. The molecule has 5 heteroatoms. The minimum atomic E-state index is -0.310. The monoisotopic (exact) mass is 342 g/mol. The van der Waals surface area contributed by atoms with E-state index in [1.165, 1.54) is 25.5 Å². The van der Waals surface area contributed by atoms with Gasteiger partial charge in [-0.25, -0.2) is 4.39 Å². The van der Waals surface area contributed by atoms with Crippen molar-refractivity contribution in [3.63, 3.8) is 0 Å². The Labute approximate surface area is 147 Å². The Morgan fingerprint density at radius 3 is 2.32 bits per heavy atom. The molecule has 2 heterocycles. The van der Waals surface area contributed by atoms with Crippen LogP contribution in [0.5, 0.6) is 0 Å². The SMILES string of the molecule is CC(=O)c1cc(-c2ccc(F)cc2)n(CC(=O)N2CCCCC2)c1C. The molecule has 0 atom stereocenters. The van der Waals surface area contributed by atoms with Crippen molar-refractivity contribution in [1.82, 2.24) is 9.47 Å². The highest BCUT2D eigenvalue weighted by Crippen LogP contribution is 2.27. The van der Waals surface area contributed by atoms with E-state index in [1.54, 1.807) is 18.2 Å². The first kappa shape index (κ1) is 17.4. The summed E-state index contributed by atoms with van der Waals surface area (Å²) < 4.78 is 15.1. The van der Waals surface area contributed by atoms with Crippen molar-refractivity contribution in [3.8, 4) is 11.3 Å². The number of piperidine rings is 1. The Morgan fingerprint density at radius 2 is 1.72 bits per heavy atom. The molecule has 3 rings (SSSR count). The van der Waals surface area contributed by atoms with Gasteiger partial charge in [0.25, 0.3) is 0 Å². The molecule has 2 aromatic rings. The van der Waals surface area contributed by atoms with Crippen molar-refractivity contribution in [1.29, 1.82) is 0 Å². The topological polar surface area (TPSA) is 42.3 Å². The molecule has 1 saturated heterocycles. The van der Waals surface area contributed by atoms with E-state index >= 15 is 0 Å². The predicted molar refractivity (Wildman–Crippen MR) is 95.0 cm³/mol. The van der Waals surface area contributed by atoms with Gasteiger partial charge in [-0.15, -0.1) is 0 Å². The first-order chi connectivity index (χ1) is 12.0. The smallest absolute Gasteiger partial charge is 0.242 e. The van der Waals surface area contributed by atoms with Gasteiger partial charge in [0.2, 0.25) is 5.91 Å². The summed E-state index contributed by atoms with van der Waals surface area (Å²) in [4.78, 5) is 26.5. The molecule has 1 aromatic heterocycles. The van der Waals surface area contributed by atoms with E-state index in [2.05, 4.69) is 0 Å². The van der Waals surface area contributed by atoms with Crippen LogP contribution < -0.4 is 0 Å². The largest absolute Gasteiger partial charge is 0.341 e. The maximum absolute atomic E-state index is 13.2. The van der Waals surface area contributed by atoms with Crippen LogP contribution in [0.2, 0.25) is 0 Å². The van der Waals surface area contributed by atoms with Gasteiger partial charge >= 0.3 is 0 Å². The number of nitrogens with zero attached hydrogens (tertiary/aromatic N) is 2. The van der Waals surface area contributed by atoms with Crippen LogP contribution in [0.15, 0.2) is 30.3 Å². The molecule has 0 unspecified atom stereocenters. The minimum absolute atomic E-state index is 0.0370. The molecule has 25 heavy (non-hydrogen) atoms. The summed E-state index contributed by atoms with van der Waals surface area (Å²) in [5, 5.41) is 0. The Bertz CT molecular complexity index is 787. The van der Waals surface area contributed by atoms with Crippen LogP contribution in [-0.4, -0.2) is 34.2 Å². The summed E-state index contributed by atoms with van der Waals surface area (Å²) in [5.41, 5.74) is 2.94. The second-order valence-corrected chi connectivity index (χ2v) is 6.62.